The smallest absolute Gasteiger partial charge is 0.226 e. The minimum absolute atomic E-state index is 0.0887. The Kier molecular flexibility index (Phi) is 6.21. The largest absolute Gasteiger partial charge is 0.339 e. The van der Waals surface area contributed by atoms with Gasteiger partial charge in [0.25, 0.3) is 0 Å². The molecule has 8 heteroatoms. The van der Waals surface area contributed by atoms with Crippen LogP contribution in [0.3, 0.4) is 0 Å². The van der Waals surface area contributed by atoms with E-state index in [1.165, 1.54) is 11.3 Å². The molecule has 0 saturated carbocycles. The van der Waals surface area contributed by atoms with Crippen LogP contribution in [0.15, 0.2) is 59.1 Å². The number of amides is 1. The molecule has 0 atom stereocenters. The number of aromatic nitrogens is 3. The van der Waals surface area contributed by atoms with Crippen LogP contribution in [0, 0.1) is 6.92 Å². The highest BCUT2D eigenvalue weighted by molar-refractivity contribution is 7.16. The molecule has 6 nitrogen and oxygen atoms in total. The topological polar surface area (TPSA) is 80.9 Å². The molecule has 0 fully saturated rings. The van der Waals surface area contributed by atoms with E-state index in [0.717, 1.165) is 21.7 Å². The summed E-state index contributed by atoms with van der Waals surface area (Å²) in [5.74, 6) is 0.994. The molecular weight excluding hydrogens is 420 g/mol. The van der Waals surface area contributed by atoms with Gasteiger partial charge in [-0.05, 0) is 25.5 Å². The van der Waals surface area contributed by atoms with Gasteiger partial charge in [-0.25, -0.2) is 4.98 Å². The molecule has 0 bridgehead atoms. The number of aryl methyl sites for hydroxylation is 2. The van der Waals surface area contributed by atoms with Gasteiger partial charge in [0.05, 0.1) is 5.69 Å². The predicted octanol–water partition coefficient (Wildman–Crippen LogP) is 5.78. The van der Waals surface area contributed by atoms with Crippen molar-refractivity contribution in [3.63, 3.8) is 0 Å². The van der Waals surface area contributed by atoms with Gasteiger partial charge >= 0.3 is 0 Å². The monoisotopic (exact) mass is 438 g/mol. The van der Waals surface area contributed by atoms with Gasteiger partial charge in [-0.3, -0.25) is 4.79 Å². The van der Waals surface area contributed by atoms with Crippen molar-refractivity contribution < 1.29 is 9.32 Å². The molecule has 0 aliphatic rings. The highest BCUT2D eigenvalue weighted by Crippen LogP contribution is 2.31. The summed E-state index contributed by atoms with van der Waals surface area (Å²) in [6, 6.07) is 17.1. The Balaban J connectivity index is 1.30. The van der Waals surface area contributed by atoms with Crippen LogP contribution in [0.5, 0.6) is 0 Å². The summed E-state index contributed by atoms with van der Waals surface area (Å²) in [4.78, 5) is 22.3. The summed E-state index contributed by atoms with van der Waals surface area (Å²) >= 11 is 7.40. The van der Waals surface area contributed by atoms with Crippen molar-refractivity contribution in [2.75, 3.05) is 5.32 Å². The minimum atomic E-state index is -0.0887. The third-order valence-electron chi connectivity index (χ3n) is 4.46. The van der Waals surface area contributed by atoms with Gasteiger partial charge in [-0.15, -0.1) is 11.3 Å². The summed E-state index contributed by atoms with van der Waals surface area (Å²) in [7, 11) is 0. The molecule has 0 aliphatic heterocycles. The molecule has 0 radical (unpaired) electrons. The Labute approximate surface area is 182 Å². The van der Waals surface area contributed by atoms with Crippen molar-refractivity contribution in [2.24, 2.45) is 0 Å². The SMILES string of the molecule is Cc1sc(NC(=O)CCCc2nc(-c3ccccc3)no2)nc1-c1ccc(Cl)cc1. The summed E-state index contributed by atoms with van der Waals surface area (Å²) in [6.45, 7) is 1.98. The second-order valence-corrected chi connectivity index (χ2v) is 8.35. The highest BCUT2D eigenvalue weighted by atomic mass is 35.5. The maximum Gasteiger partial charge on any atom is 0.226 e. The van der Waals surface area contributed by atoms with Crippen LogP contribution in [0.2, 0.25) is 5.02 Å². The van der Waals surface area contributed by atoms with Crippen molar-refractivity contribution >= 4 is 34.0 Å². The molecule has 2 aromatic carbocycles. The van der Waals surface area contributed by atoms with Gasteiger partial charge in [0.1, 0.15) is 0 Å². The normalized spacial score (nSPS) is 10.9. The number of thiazole rings is 1. The Morgan fingerprint density at radius 1 is 1.07 bits per heavy atom. The molecule has 4 rings (SSSR count). The van der Waals surface area contributed by atoms with E-state index in [4.69, 9.17) is 16.1 Å². The van der Waals surface area contributed by atoms with E-state index in [1.807, 2.05) is 61.5 Å². The molecule has 2 heterocycles. The van der Waals surface area contributed by atoms with Gasteiger partial charge in [0.15, 0.2) is 5.13 Å². The average molecular weight is 439 g/mol. The Morgan fingerprint density at radius 2 is 1.83 bits per heavy atom. The molecule has 0 spiro atoms. The van der Waals surface area contributed by atoms with Gasteiger partial charge in [-0.1, -0.05) is 59.2 Å². The lowest BCUT2D eigenvalue weighted by molar-refractivity contribution is -0.116. The van der Waals surface area contributed by atoms with Crippen LogP contribution in [-0.2, 0) is 11.2 Å². The van der Waals surface area contributed by atoms with E-state index < -0.39 is 0 Å². The second-order valence-electron chi connectivity index (χ2n) is 6.71. The molecule has 30 heavy (non-hydrogen) atoms. The van der Waals surface area contributed by atoms with Gasteiger partial charge in [0, 0.05) is 33.9 Å². The maximum atomic E-state index is 12.3. The van der Waals surface area contributed by atoms with Crippen LogP contribution >= 0.6 is 22.9 Å². The van der Waals surface area contributed by atoms with Crippen LogP contribution in [0.1, 0.15) is 23.6 Å². The van der Waals surface area contributed by atoms with E-state index in [2.05, 4.69) is 20.4 Å². The maximum absolute atomic E-state index is 12.3. The van der Waals surface area contributed by atoms with Crippen molar-refractivity contribution in [1.82, 2.24) is 15.1 Å². The first-order valence-electron chi connectivity index (χ1n) is 9.50. The number of hydrogen-bond donors (Lipinski definition) is 1. The lowest BCUT2D eigenvalue weighted by Gasteiger charge is -2.00. The quantitative estimate of drug-likeness (QED) is 0.395. The third-order valence-corrected chi connectivity index (χ3v) is 5.59. The number of halogens is 1. The lowest BCUT2D eigenvalue weighted by atomic mass is 10.1. The van der Waals surface area contributed by atoms with E-state index in [1.54, 1.807) is 0 Å². The number of carbonyl (C=O) groups excluding carboxylic acids is 1. The minimum Gasteiger partial charge on any atom is -0.339 e. The summed E-state index contributed by atoms with van der Waals surface area (Å²) in [5.41, 5.74) is 2.73. The standard InChI is InChI=1S/C22H19ClN4O2S/c1-14-20(15-10-12-17(23)13-11-15)26-22(30-14)24-18(28)8-5-9-19-25-21(27-29-19)16-6-3-2-4-7-16/h2-4,6-7,10-13H,5,8-9H2,1H3,(H,24,26,28). The van der Waals surface area contributed by atoms with E-state index in [9.17, 15) is 4.79 Å². The van der Waals surface area contributed by atoms with Crippen LogP contribution in [-0.4, -0.2) is 21.0 Å². The van der Waals surface area contributed by atoms with Gasteiger partial charge in [0.2, 0.25) is 17.6 Å². The Bertz CT molecular complexity index is 1140. The van der Waals surface area contributed by atoms with Crippen LogP contribution < -0.4 is 5.32 Å². The zero-order chi connectivity index (χ0) is 20.9. The number of anilines is 1. The molecule has 4 aromatic rings. The zero-order valence-corrected chi connectivity index (χ0v) is 17.8. The van der Waals surface area contributed by atoms with E-state index >= 15 is 0 Å². The van der Waals surface area contributed by atoms with Crippen LogP contribution in [0.4, 0.5) is 5.13 Å². The molecule has 0 saturated heterocycles. The van der Waals surface area contributed by atoms with Crippen LogP contribution in [0.25, 0.3) is 22.6 Å². The lowest BCUT2D eigenvalue weighted by Crippen LogP contribution is -2.11. The zero-order valence-electron chi connectivity index (χ0n) is 16.3. The van der Waals surface area contributed by atoms with Crippen molar-refractivity contribution in [2.45, 2.75) is 26.2 Å². The molecular formula is C22H19ClN4O2S. The van der Waals surface area contributed by atoms with Crippen molar-refractivity contribution in [3.8, 4) is 22.6 Å². The predicted molar refractivity (Wildman–Crippen MR) is 119 cm³/mol. The first-order chi connectivity index (χ1) is 14.6. The van der Waals surface area contributed by atoms with E-state index in [-0.39, 0.29) is 5.91 Å². The van der Waals surface area contributed by atoms with Gasteiger partial charge < -0.3 is 9.84 Å². The fourth-order valence-electron chi connectivity index (χ4n) is 2.97. The molecule has 1 amide bonds. The second kappa shape index (κ2) is 9.19. The summed E-state index contributed by atoms with van der Waals surface area (Å²) in [5, 5.41) is 8.14. The molecule has 2 aromatic heterocycles. The highest BCUT2D eigenvalue weighted by Gasteiger charge is 2.13. The number of nitrogens with one attached hydrogen (secondary N) is 1. The Morgan fingerprint density at radius 3 is 2.60 bits per heavy atom. The Hall–Kier alpha value is -3.03. The van der Waals surface area contributed by atoms with E-state index in [0.29, 0.717) is 41.1 Å². The fourth-order valence-corrected chi connectivity index (χ4v) is 3.95. The summed E-state index contributed by atoms with van der Waals surface area (Å²) in [6.07, 6.45) is 1.49. The number of benzene rings is 2. The third kappa shape index (κ3) is 4.93. The van der Waals surface area contributed by atoms with Gasteiger partial charge in [-0.2, -0.15) is 4.98 Å². The fraction of sp³-hybridized carbons (Fsp3) is 0.182. The first kappa shape index (κ1) is 20.3. The molecule has 0 aliphatic carbocycles. The molecule has 0 unspecified atom stereocenters. The van der Waals surface area contributed by atoms with Crippen molar-refractivity contribution in [3.05, 3.63) is 70.4 Å². The average Bonchev–Trinajstić information content (AvgIpc) is 3.36. The first-order valence-corrected chi connectivity index (χ1v) is 10.7. The van der Waals surface area contributed by atoms with Crippen molar-refractivity contribution in [1.29, 1.82) is 0 Å². The number of nitrogens with zero attached hydrogens (tertiary/aromatic N) is 3. The molecule has 152 valence electrons. The molecule has 1 N–H and O–H groups in total. The summed E-state index contributed by atoms with van der Waals surface area (Å²) < 4.78 is 5.28. The number of carbonyl (C=O) groups is 1. The number of rotatable bonds is 7. The number of hydrogen-bond acceptors (Lipinski definition) is 6.